The average Bonchev–Trinajstić information content (AvgIpc) is 2.75. The third-order valence-electron chi connectivity index (χ3n) is 4.62. The number of rotatable bonds is 4. The SMILES string of the molecule is Cc1cc(S(=O)(=O)NCc2cccnc2)cc2c1N(C)C(=O)C2(C)C. The van der Waals surface area contributed by atoms with Gasteiger partial charge in [-0.15, -0.1) is 0 Å². The number of anilines is 1. The molecule has 2 heterocycles. The molecule has 0 bridgehead atoms. The molecule has 3 rings (SSSR count). The highest BCUT2D eigenvalue weighted by Crippen LogP contribution is 2.43. The largest absolute Gasteiger partial charge is 0.314 e. The predicted molar refractivity (Wildman–Crippen MR) is 95.9 cm³/mol. The van der Waals surface area contributed by atoms with Gasteiger partial charge in [-0.2, -0.15) is 0 Å². The Hall–Kier alpha value is -2.25. The van der Waals surface area contributed by atoms with E-state index in [-0.39, 0.29) is 17.3 Å². The van der Waals surface area contributed by atoms with Crippen LogP contribution in [0, 0.1) is 6.92 Å². The molecule has 0 saturated carbocycles. The summed E-state index contributed by atoms with van der Waals surface area (Å²) in [5, 5.41) is 0. The van der Waals surface area contributed by atoms with Gasteiger partial charge in [0.25, 0.3) is 0 Å². The molecular weight excluding hydrogens is 338 g/mol. The van der Waals surface area contributed by atoms with E-state index < -0.39 is 15.4 Å². The summed E-state index contributed by atoms with van der Waals surface area (Å²) < 4.78 is 28.0. The second-order valence-electron chi connectivity index (χ2n) is 6.81. The number of amides is 1. The number of carbonyl (C=O) groups excluding carboxylic acids is 1. The lowest BCUT2D eigenvalue weighted by atomic mass is 9.85. The Labute approximate surface area is 147 Å². The Balaban J connectivity index is 1.98. The molecule has 1 amide bonds. The summed E-state index contributed by atoms with van der Waals surface area (Å²) in [6.45, 7) is 5.62. The summed E-state index contributed by atoms with van der Waals surface area (Å²) in [5.41, 5.74) is 2.33. The third kappa shape index (κ3) is 2.94. The molecule has 0 radical (unpaired) electrons. The summed E-state index contributed by atoms with van der Waals surface area (Å²) in [7, 11) is -1.98. The van der Waals surface area contributed by atoms with Crippen LogP contribution in [0.1, 0.15) is 30.5 Å². The normalized spacial score (nSPS) is 16.2. The van der Waals surface area contributed by atoms with Gasteiger partial charge < -0.3 is 4.90 Å². The number of pyridine rings is 1. The number of nitrogens with one attached hydrogen (secondary N) is 1. The van der Waals surface area contributed by atoms with E-state index in [1.54, 1.807) is 48.6 Å². The van der Waals surface area contributed by atoms with Crippen LogP contribution in [-0.4, -0.2) is 26.4 Å². The van der Waals surface area contributed by atoms with Crippen molar-refractivity contribution >= 4 is 21.6 Å². The van der Waals surface area contributed by atoms with E-state index >= 15 is 0 Å². The van der Waals surface area contributed by atoms with Crippen LogP contribution in [0.25, 0.3) is 0 Å². The van der Waals surface area contributed by atoms with Gasteiger partial charge in [0.2, 0.25) is 15.9 Å². The number of sulfonamides is 1. The van der Waals surface area contributed by atoms with Crippen molar-refractivity contribution in [3.05, 3.63) is 53.3 Å². The molecule has 1 aromatic carbocycles. The second kappa shape index (κ2) is 5.93. The van der Waals surface area contributed by atoms with Crippen LogP contribution in [0.15, 0.2) is 41.6 Å². The molecule has 1 aromatic heterocycles. The fourth-order valence-corrected chi connectivity index (χ4v) is 4.35. The number of carbonyl (C=O) groups is 1. The maximum atomic E-state index is 12.7. The molecule has 0 fully saturated rings. The maximum Gasteiger partial charge on any atom is 0.240 e. The Kier molecular flexibility index (Phi) is 4.17. The van der Waals surface area contributed by atoms with E-state index in [0.717, 1.165) is 22.4 Å². The molecule has 0 spiro atoms. The minimum absolute atomic E-state index is 0.0385. The molecule has 0 unspecified atom stereocenters. The lowest BCUT2D eigenvalue weighted by Gasteiger charge is -2.17. The van der Waals surface area contributed by atoms with Crippen LogP contribution >= 0.6 is 0 Å². The van der Waals surface area contributed by atoms with Crippen molar-refractivity contribution in [2.75, 3.05) is 11.9 Å². The van der Waals surface area contributed by atoms with Crippen LogP contribution in [0.3, 0.4) is 0 Å². The highest BCUT2D eigenvalue weighted by molar-refractivity contribution is 7.89. The fourth-order valence-electron chi connectivity index (χ4n) is 3.22. The van der Waals surface area contributed by atoms with Gasteiger partial charge in [0, 0.05) is 26.0 Å². The van der Waals surface area contributed by atoms with E-state index in [9.17, 15) is 13.2 Å². The number of aryl methyl sites for hydroxylation is 1. The zero-order valence-corrected chi connectivity index (χ0v) is 15.5. The van der Waals surface area contributed by atoms with E-state index in [2.05, 4.69) is 9.71 Å². The summed E-state index contributed by atoms with van der Waals surface area (Å²) in [6.07, 6.45) is 3.25. The molecule has 25 heavy (non-hydrogen) atoms. The number of hydrogen-bond acceptors (Lipinski definition) is 4. The van der Waals surface area contributed by atoms with Crippen LogP contribution < -0.4 is 9.62 Å². The van der Waals surface area contributed by atoms with Crippen molar-refractivity contribution in [2.24, 2.45) is 0 Å². The van der Waals surface area contributed by atoms with Gasteiger partial charge in [0.05, 0.1) is 16.0 Å². The first-order valence-electron chi connectivity index (χ1n) is 7.96. The molecule has 7 heteroatoms. The van der Waals surface area contributed by atoms with Crippen molar-refractivity contribution in [2.45, 2.75) is 37.6 Å². The smallest absolute Gasteiger partial charge is 0.240 e. The van der Waals surface area contributed by atoms with E-state index in [0.29, 0.717) is 0 Å². The molecule has 6 nitrogen and oxygen atoms in total. The van der Waals surface area contributed by atoms with Gasteiger partial charge >= 0.3 is 0 Å². The highest BCUT2D eigenvalue weighted by atomic mass is 32.2. The Morgan fingerprint density at radius 3 is 2.64 bits per heavy atom. The van der Waals surface area contributed by atoms with E-state index in [1.807, 2.05) is 20.8 Å². The van der Waals surface area contributed by atoms with Gasteiger partial charge in [-0.3, -0.25) is 9.78 Å². The van der Waals surface area contributed by atoms with Crippen LogP contribution in [0.5, 0.6) is 0 Å². The molecule has 1 N–H and O–H groups in total. The first kappa shape index (κ1) is 17.6. The second-order valence-corrected chi connectivity index (χ2v) is 8.58. The third-order valence-corrected chi connectivity index (χ3v) is 6.00. The van der Waals surface area contributed by atoms with Crippen LogP contribution in [-0.2, 0) is 26.8 Å². The molecule has 0 saturated heterocycles. The van der Waals surface area contributed by atoms with Crippen molar-refractivity contribution in [3.8, 4) is 0 Å². The monoisotopic (exact) mass is 359 g/mol. The van der Waals surface area contributed by atoms with E-state index in [1.165, 1.54) is 0 Å². The number of benzene rings is 1. The first-order valence-corrected chi connectivity index (χ1v) is 9.45. The van der Waals surface area contributed by atoms with Crippen molar-refractivity contribution in [3.63, 3.8) is 0 Å². The first-order chi connectivity index (χ1) is 11.6. The van der Waals surface area contributed by atoms with Gasteiger partial charge in [-0.25, -0.2) is 13.1 Å². The Morgan fingerprint density at radius 2 is 2.00 bits per heavy atom. The summed E-state index contributed by atoms with van der Waals surface area (Å²) >= 11 is 0. The average molecular weight is 359 g/mol. The summed E-state index contributed by atoms with van der Waals surface area (Å²) in [5.74, 6) is -0.0385. The van der Waals surface area contributed by atoms with Gasteiger partial charge in [-0.1, -0.05) is 6.07 Å². The topological polar surface area (TPSA) is 79.4 Å². The lowest BCUT2D eigenvalue weighted by Crippen LogP contribution is -2.33. The van der Waals surface area contributed by atoms with Crippen molar-refractivity contribution in [1.29, 1.82) is 0 Å². The fraction of sp³-hybridized carbons (Fsp3) is 0.333. The molecule has 1 aliphatic heterocycles. The highest BCUT2D eigenvalue weighted by Gasteiger charge is 2.43. The predicted octanol–water partition coefficient (Wildman–Crippen LogP) is 2.12. The number of likely N-dealkylation sites (N-methyl/N-ethyl adjacent to an activating group) is 1. The molecule has 132 valence electrons. The van der Waals surface area contributed by atoms with Gasteiger partial charge in [-0.05, 0) is 55.7 Å². The summed E-state index contributed by atoms with van der Waals surface area (Å²) in [4.78, 5) is 18.2. The number of fused-ring (bicyclic) bond motifs is 1. The molecule has 0 atom stereocenters. The molecule has 2 aromatic rings. The van der Waals surface area contributed by atoms with Crippen LogP contribution in [0.4, 0.5) is 5.69 Å². The minimum Gasteiger partial charge on any atom is -0.314 e. The van der Waals surface area contributed by atoms with Crippen LogP contribution in [0.2, 0.25) is 0 Å². The maximum absolute atomic E-state index is 12.7. The van der Waals surface area contributed by atoms with E-state index in [4.69, 9.17) is 0 Å². The number of nitrogens with zero attached hydrogens (tertiary/aromatic N) is 2. The zero-order chi connectivity index (χ0) is 18.4. The molecule has 1 aliphatic rings. The van der Waals surface area contributed by atoms with Crippen molar-refractivity contribution < 1.29 is 13.2 Å². The Morgan fingerprint density at radius 1 is 1.28 bits per heavy atom. The van der Waals surface area contributed by atoms with Crippen molar-refractivity contribution in [1.82, 2.24) is 9.71 Å². The molecular formula is C18H21N3O3S. The summed E-state index contributed by atoms with van der Waals surface area (Å²) in [6, 6.07) is 6.78. The Bertz CT molecular complexity index is 938. The number of aromatic nitrogens is 1. The quantitative estimate of drug-likeness (QED) is 0.907. The number of hydrogen-bond donors (Lipinski definition) is 1. The zero-order valence-electron chi connectivity index (χ0n) is 14.7. The molecule has 0 aliphatic carbocycles. The van der Waals surface area contributed by atoms with Gasteiger partial charge in [0.1, 0.15) is 0 Å². The standard InChI is InChI=1S/C18H21N3O3S/c1-12-8-14(9-15-16(12)21(4)17(22)18(15,2)3)25(23,24)20-11-13-6-5-7-19-10-13/h5-10,20H,11H2,1-4H3. The lowest BCUT2D eigenvalue weighted by molar-refractivity contribution is -0.121. The van der Waals surface area contributed by atoms with Gasteiger partial charge in [0.15, 0.2) is 0 Å². The minimum atomic E-state index is -3.70.